The van der Waals surface area contributed by atoms with E-state index in [1.165, 1.54) is 11.8 Å². The standard InChI is InChI=1S/C22H20N4O3/c1-14-19(13-24-29-14)22(27)25-17-7-6-16-12-23-21(26-20(16)11-17)10-5-15-3-8-18(28-2)9-4-15/h3-4,6-9,11-13H,5,10H2,1-2H3,(H,25,27). The van der Waals surface area contributed by atoms with Crippen molar-refractivity contribution in [2.45, 2.75) is 19.8 Å². The van der Waals surface area contributed by atoms with Crippen molar-refractivity contribution in [2.24, 2.45) is 0 Å². The van der Waals surface area contributed by atoms with Crippen molar-refractivity contribution in [2.75, 3.05) is 12.4 Å². The maximum absolute atomic E-state index is 12.4. The van der Waals surface area contributed by atoms with Crippen LogP contribution in [0.2, 0.25) is 0 Å². The first-order valence-electron chi connectivity index (χ1n) is 9.23. The van der Waals surface area contributed by atoms with Crippen LogP contribution in [0.15, 0.2) is 59.4 Å². The van der Waals surface area contributed by atoms with E-state index in [9.17, 15) is 4.79 Å². The number of hydrogen-bond acceptors (Lipinski definition) is 6. The number of benzene rings is 2. The van der Waals surface area contributed by atoms with Gasteiger partial charge in [-0.25, -0.2) is 9.97 Å². The Labute approximate surface area is 167 Å². The lowest BCUT2D eigenvalue weighted by Gasteiger charge is -2.07. The number of aryl methyl sites for hydroxylation is 3. The maximum atomic E-state index is 12.4. The van der Waals surface area contributed by atoms with Gasteiger partial charge in [0.1, 0.15) is 22.9 Å². The number of rotatable bonds is 6. The molecule has 4 aromatic rings. The van der Waals surface area contributed by atoms with E-state index in [0.29, 0.717) is 17.0 Å². The molecule has 146 valence electrons. The van der Waals surface area contributed by atoms with Gasteiger partial charge in [0.2, 0.25) is 0 Å². The predicted molar refractivity (Wildman–Crippen MR) is 109 cm³/mol. The molecule has 1 amide bonds. The highest BCUT2D eigenvalue weighted by molar-refractivity contribution is 6.05. The fraction of sp³-hybridized carbons (Fsp3) is 0.182. The summed E-state index contributed by atoms with van der Waals surface area (Å²) in [7, 11) is 1.65. The van der Waals surface area contributed by atoms with Crippen molar-refractivity contribution in [3.05, 3.63) is 77.6 Å². The van der Waals surface area contributed by atoms with Crippen LogP contribution in [0.25, 0.3) is 10.9 Å². The summed E-state index contributed by atoms with van der Waals surface area (Å²) < 4.78 is 10.1. The second-order valence-corrected chi connectivity index (χ2v) is 6.66. The first-order chi connectivity index (χ1) is 14.1. The van der Waals surface area contributed by atoms with Gasteiger partial charge < -0.3 is 14.6 Å². The molecule has 0 unspecified atom stereocenters. The molecule has 0 aliphatic rings. The van der Waals surface area contributed by atoms with Gasteiger partial charge in [0, 0.05) is 23.7 Å². The summed E-state index contributed by atoms with van der Waals surface area (Å²) in [6, 6.07) is 13.5. The minimum absolute atomic E-state index is 0.267. The quantitative estimate of drug-likeness (QED) is 0.537. The third kappa shape index (κ3) is 4.24. The molecule has 0 aliphatic heterocycles. The number of ether oxygens (including phenoxy) is 1. The normalized spacial score (nSPS) is 10.8. The Bertz CT molecular complexity index is 1150. The third-order valence-corrected chi connectivity index (χ3v) is 4.68. The monoisotopic (exact) mass is 388 g/mol. The van der Waals surface area contributed by atoms with E-state index < -0.39 is 0 Å². The molecule has 0 spiro atoms. The molecule has 0 bridgehead atoms. The van der Waals surface area contributed by atoms with E-state index in [1.54, 1.807) is 20.2 Å². The number of carbonyl (C=O) groups is 1. The fourth-order valence-corrected chi connectivity index (χ4v) is 3.02. The smallest absolute Gasteiger partial charge is 0.260 e. The second-order valence-electron chi connectivity index (χ2n) is 6.66. The van der Waals surface area contributed by atoms with Crippen LogP contribution in [0.1, 0.15) is 27.5 Å². The largest absolute Gasteiger partial charge is 0.497 e. The number of fused-ring (bicyclic) bond motifs is 1. The van der Waals surface area contributed by atoms with Crippen molar-refractivity contribution in [3.63, 3.8) is 0 Å². The van der Waals surface area contributed by atoms with E-state index in [1.807, 2.05) is 42.5 Å². The maximum Gasteiger partial charge on any atom is 0.260 e. The van der Waals surface area contributed by atoms with Crippen LogP contribution in [0.4, 0.5) is 5.69 Å². The van der Waals surface area contributed by atoms with Gasteiger partial charge in [-0.15, -0.1) is 0 Å². The molecule has 29 heavy (non-hydrogen) atoms. The molecule has 4 rings (SSSR count). The molecule has 2 aromatic carbocycles. The van der Waals surface area contributed by atoms with Crippen molar-refractivity contribution < 1.29 is 14.1 Å². The molecular weight excluding hydrogens is 368 g/mol. The lowest BCUT2D eigenvalue weighted by Crippen LogP contribution is -2.12. The number of nitrogens with zero attached hydrogens (tertiary/aromatic N) is 3. The van der Waals surface area contributed by atoms with Gasteiger partial charge in [0.25, 0.3) is 5.91 Å². The van der Waals surface area contributed by atoms with Crippen LogP contribution in [0.5, 0.6) is 5.75 Å². The van der Waals surface area contributed by atoms with Crippen molar-refractivity contribution in [1.82, 2.24) is 15.1 Å². The first kappa shape index (κ1) is 18.6. The van der Waals surface area contributed by atoms with Crippen molar-refractivity contribution >= 4 is 22.5 Å². The molecular formula is C22H20N4O3. The number of amides is 1. The van der Waals surface area contributed by atoms with Crippen LogP contribution in [0, 0.1) is 6.92 Å². The van der Waals surface area contributed by atoms with E-state index >= 15 is 0 Å². The Balaban J connectivity index is 1.48. The summed E-state index contributed by atoms with van der Waals surface area (Å²) in [4.78, 5) is 21.5. The molecule has 7 heteroatoms. The molecule has 0 atom stereocenters. The summed E-state index contributed by atoms with van der Waals surface area (Å²) in [5.74, 6) is 1.81. The van der Waals surface area contributed by atoms with Crippen LogP contribution in [-0.4, -0.2) is 28.1 Å². The highest BCUT2D eigenvalue weighted by Gasteiger charge is 2.13. The number of methoxy groups -OCH3 is 1. The van der Waals surface area contributed by atoms with Gasteiger partial charge in [0.05, 0.1) is 18.8 Å². The van der Waals surface area contributed by atoms with Crippen LogP contribution in [-0.2, 0) is 12.8 Å². The summed E-state index contributed by atoms with van der Waals surface area (Å²) in [6.45, 7) is 1.70. The molecule has 0 saturated carbocycles. The molecule has 7 nitrogen and oxygen atoms in total. The van der Waals surface area contributed by atoms with Gasteiger partial charge >= 0.3 is 0 Å². The van der Waals surface area contributed by atoms with Gasteiger partial charge in [-0.3, -0.25) is 4.79 Å². The Morgan fingerprint density at radius 3 is 2.66 bits per heavy atom. The van der Waals surface area contributed by atoms with Crippen molar-refractivity contribution in [1.29, 1.82) is 0 Å². The third-order valence-electron chi connectivity index (χ3n) is 4.68. The van der Waals surface area contributed by atoms with E-state index in [2.05, 4.69) is 20.4 Å². The molecule has 0 radical (unpaired) electrons. The zero-order valence-electron chi connectivity index (χ0n) is 16.2. The van der Waals surface area contributed by atoms with Crippen LogP contribution in [0.3, 0.4) is 0 Å². The molecule has 1 N–H and O–H groups in total. The minimum Gasteiger partial charge on any atom is -0.497 e. The fourth-order valence-electron chi connectivity index (χ4n) is 3.02. The predicted octanol–water partition coefficient (Wildman–Crippen LogP) is 3.97. The lowest BCUT2D eigenvalue weighted by molar-refractivity contribution is 0.102. The summed E-state index contributed by atoms with van der Waals surface area (Å²) >= 11 is 0. The molecule has 0 fully saturated rings. The van der Waals surface area contributed by atoms with Gasteiger partial charge in [-0.05, 0) is 49.2 Å². The number of carbonyl (C=O) groups excluding carboxylic acids is 1. The summed E-state index contributed by atoms with van der Waals surface area (Å²) in [5.41, 5.74) is 3.04. The first-order valence-corrected chi connectivity index (χ1v) is 9.23. The molecule has 0 saturated heterocycles. The van der Waals surface area contributed by atoms with Crippen LogP contribution < -0.4 is 10.1 Å². The summed E-state index contributed by atoms with van der Waals surface area (Å²) in [5, 5.41) is 7.41. The zero-order chi connectivity index (χ0) is 20.2. The van der Waals surface area contributed by atoms with E-state index in [4.69, 9.17) is 9.26 Å². The highest BCUT2D eigenvalue weighted by Crippen LogP contribution is 2.19. The van der Waals surface area contributed by atoms with Gasteiger partial charge in [-0.2, -0.15) is 0 Å². The minimum atomic E-state index is -0.267. The average molecular weight is 388 g/mol. The molecule has 2 heterocycles. The Hall–Kier alpha value is -3.74. The summed E-state index contributed by atoms with van der Waals surface area (Å²) in [6.07, 6.45) is 4.77. The van der Waals surface area contributed by atoms with E-state index in [-0.39, 0.29) is 5.91 Å². The molecule has 0 aliphatic carbocycles. The molecule has 2 aromatic heterocycles. The second kappa shape index (κ2) is 8.10. The topological polar surface area (TPSA) is 90.1 Å². The van der Waals surface area contributed by atoms with E-state index in [0.717, 1.165) is 35.3 Å². The SMILES string of the molecule is COc1ccc(CCc2ncc3ccc(NC(=O)c4cnoc4C)cc3n2)cc1. The zero-order valence-corrected chi connectivity index (χ0v) is 16.2. The number of aromatic nitrogens is 3. The Kier molecular flexibility index (Phi) is 5.20. The number of anilines is 1. The number of nitrogens with one attached hydrogen (secondary N) is 1. The van der Waals surface area contributed by atoms with Gasteiger partial charge in [-0.1, -0.05) is 17.3 Å². The number of hydrogen-bond donors (Lipinski definition) is 1. The van der Waals surface area contributed by atoms with Crippen molar-refractivity contribution in [3.8, 4) is 5.75 Å². The highest BCUT2D eigenvalue weighted by atomic mass is 16.5. The van der Waals surface area contributed by atoms with Gasteiger partial charge in [0.15, 0.2) is 0 Å². The lowest BCUT2D eigenvalue weighted by atomic mass is 10.1. The Morgan fingerprint density at radius 1 is 1.10 bits per heavy atom. The Morgan fingerprint density at radius 2 is 1.93 bits per heavy atom. The average Bonchev–Trinajstić information content (AvgIpc) is 3.18. The van der Waals surface area contributed by atoms with Crippen LogP contribution >= 0.6 is 0 Å².